The van der Waals surface area contributed by atoms with E-state index in [-0.39, 0.29) is 0 Å². The first kappa shape index (κ1) is 18.0. The van der Waals surface area contributed by atoms with Gasteiger partial charge >= 0.3 is 12.1 Å². The third-order valence-corrected chi connectivity index (χ3v) is 3.06. The molecule has 1 N–H and O–H groups in total. The molecule has 8 heteroatoms. The normalized spacial score (nSPS) is 12.7. The van der Waals surface area contributed by atoms with Crippen molar-refractivity contribution >= 4 is 33.9 Å². The highest BCUT2D eigenvalue weighted by molar-refractivity contribution is 9.10. The van der Waals surface area contributed by atoms with Crippen LogP contribution in [-0.4, -0.2) is 37.3 Å². The number of halogens is 1. The molecule has 0 aliphatic rings. The van der Waals surface area contributed by atoms with Gasteiger partial charge in [0.1, 0.15) is 5.75 Å². The van der Waals surface area contributed by atoms with Crippen molar-refractivity contribution < 1.29 is 28.6 Å². The first-order valence-corrected chi connectivity index (χ1v) is 7.14. The molecule has 0 aliphatic carbocycles. The highest BCUT2D eigenvalue weighted by atomic mass is 79.9. The number of carbonyl (C=O) groups is 3. The molecule has 0 spiro atoms. The van der Waals surface area contributed by atoms with Crippen molar-refractivity contribution in [3.8, 4) is 5.75 Å². The van der Waals surface area contributed by atoms with Crippen LogP contribution in [0.25, 0.3) is 0 Å². The minimum absolute atomic E-state index is 0.485. The average molecular weight is 374 g/mol. The first-order valence-electron chi connectivity index (χ1n) is 6.35. The number of carbonyl (C=O) groups excluding carboxylic acids is 3. The molecule has 0 saturated carbocycles. The van der Waals surface area contributed by atoms with Gasteiger partial charge in [-0.2, -0.15) is 0 Å². The topological polar surface area (TPSA) is 90.9 Å². The summed E-state index contributed by atoms with van der Waals surface area (Å²) in [5, 5.41) is 1.91. The lowest BCUT2D eigenvalue weighted by molar-refractivity contribution is -0.160. The van der Waals surface area contributed by atoms with E-state index in [9.17, 15) is 14.4 Å². The SMILES string of the molecule is COC(=O)NC(=O)[C@H](C)OC(=O)[C@H](C)Oc1ccc(Br)cc1. The van der Waals surface area contributed by atoms with E-state index in [2.05, 4.69) is 20.7 Å². The molecule has 2 atom stereocenters. The zero-order valence-corrected chi connectivity index (χ0v) is 13.9. The van der Waals surface area contributed by atoms with Gasteiger partial charge in [-0.3, -0.25) is 10.1 Å². The number of rotatable bonds is 5. The summed E-state index contributed by atoms with van der Waals surface area (Å²) >= 11 is 3.29. The molecule has 0 aliphatic heterocycles. The molecule has 0 saturated heterocycles. The lowest BCUT2D eigenvalue weighted by Crippen LogP contribution is -2.41. The standard InChI is InChI=1S/C14H16BrNO6/c1-8(12(17)16-14(19)20-3)22-13(18)9(2)21-11-6-4-10(15)5-7-11/h4-9H,1-3H3,(H,16,17,19)/t8-,9-/m0/s1. The fourth-order valence-electron chi connectivity index (χ4n) is 1.34. The Hall–Kier alpha value is -2.09. The van der Waals surface area contributed by atoms with E-state index in [0.717, 1.165) is 11.6 Å². The van der Waals surface area contributed by atoms with E-state index in [1.165, 1.54) is 13.8 Å². The monoisotopic (exact) mass is 373 g/mol. The van der Waals surface area contributed by atoms with Gasteiger partial charge in [-0.1, -0.05) is 15.9 Å². The van der Waals surface area contributed by atoms with Crippen molar-refractivity contribution in [3.63, 3.8) is 0 Å². The van der Waals surface area contributed by atoms with Crippen LogP contribution in [-0.2, 0) is 19.1 Å². The lowest BCUT2D eigenvalue weighted by atomic mass is 10.3. The van der Waals surface area contributed by atoms with E-state index >= 15 is 0 Å². The molecular weight excluding hydrogens is 358 g/mol. The van der Waals surface area contributed by atoms with Gasteiger partial charge < -0.3 is 14.2 Å². The summed E-state index contributed by atoms with van der Waals surface area (Å²) < 4.78 is 15.5. The van der Waals surface area contributed by atoms with Crippen molar-refractivity contribution in [1.29, 1.82) is 0 Å². The smallest absolute Gasteiger partial charge is 0.413 e. The Morgan fingerprint density at radius 2 is 1.68 bits per heavy atom. The van der Waals surface area contributed by atoms with Gasteiger partial charge in [-0.15, -0.1) is 0 Å². The molecule has 7 nitrogen and oxygen atoms in total. The Kier molecular flexibility index (Phi) is 6.84. The van der Waals surface area contributed by atoms with E-state index in [1.54, 1.807) is 24.3 Å². The summed E-state index contributed by atoms with van der Waals surface area (Å²) in [5.41, 5.74) is 0. The highest BCUT2D eigenvalue weighted by Gasteiger charge is 2.24. The van der Waals surface area contributed by atoms with Crippen LogP contribution in [0.5, 0.6) is 5.75 Å². The minimum Gasteiger partial charge on any atom is -0.479 e. The second kappa shape index (κ2) is 8.38. The third-order valence-electron chi connectivity index (χ3n) is 2.53. The summed E-state index contributed by atoms with van der Waals surface area (Å²) in [5.74, 6) is -1.02. The van der Waals surface area contributed by atoms with Crippen LogP contribution in [0, 0.1) is 0 Å². The van der Waals surface area contributed by atoms with E-state index < -0.39 is 30.2 Å². The second-order valence-electron chi connectivity index (χ2n) is 4.27. The predicted molar refractivity (Wildman–Crippen MR) is 80.3 cm³/mol. The van der Waals surface area contributed by atoms with Crippen LogP contribution < -0.4 is 10.1 Å². The number of hydrogen-bond acceptors (Lipinski definition) is 6. The first-order chi connectivity index (χ1) is 10.3. The molecule has 0 bridgehead atoms. The molecule has 0 aromatic heterocycles. The van der Waals surface area contributed by atoms with E-state index in [4.69, 9.17) is 9.47 Å². The van der Waals surface area contributed by atoms with E-state index in [0.29, 0.717) is 5.75 Å². The zero-order valence-electron chi connectivity index (χ0n) is 12.3. The Labute approximate surface area is 136 Å². The van der Waals surface area contributed by atoms with Crippen molar-refractivity contribution in [3.05, 3.63) is 28.7 Å². The number of amides is 2. The minimum atomic E-state index is -1.15. The third kappa shape index (κ3) is 5.72. The Morgan fingerprint density at radius 1 is 1.09 bits per heavy atom. The van der Waals surface area contributed by atoms with Crippen molar-refractivity contribution in [2.75, 3.05) is 7.11 Å². The second-order valence-corrected chi connectivity index (χ2v) is 5.19. The quantitative estimate of drug-likeness (QED) is 0.794. The van der Waals surface area contributed by atoms with Crippen LogP contribution >= 0.6 is 15.9 Å². The van der Waals surface area contributed by atoms with Gasteiger partial charge in [-0.05, 0) is 38.1 Å². The maximum absolute atomic E-state index is 11.8. The van der Waals surface area contributed by atoms with E-state index in [1.807, 2.05) is 5.32 Å². The molecule has 0 fully saturated rings. The van der Waals surface area contributed by atoms with Crippen LogP contribution in [0.2, 0.25) is 0 Å². The highest BCUT2D eigenvalue weighted by Crippen LogP contribution is 2.17. The predicted octanol–water partition coefficient (Wildman–Crippen LogP) is 2.03. The number of esters is 1. The number of hydrogen-bond donors (Lipinski definition) is 1. The van der Waals surface area contributed by atoms with Gasteiger partial charge in [0.15, 0.2) is 12.2 Å². The molecule has 22 heavy (non-hydrogen) atoms. The maximum atomic E-state index is 11.8. The van der Waals surface area contributed by atoms with Crippen molar-refractivity contribution in [2.24, 2.45) is 0 Å². The van der Waals surface area contributed by atoms with Crippen LogP contribution in [0.1, 0.15) is 13.8 Å². The zero-order chi connectivity index (χ0) is 16.7. The van der Waals surface area contributed by atoms with Gasteiger partial charge in [0.25, 0.3) is 5.91 Å². The summed E-state index contributed by atoms with van der Waals surface area (Å²) in [4.78, 5) is 34.3. The molecule has 1 aromatic carbocycles. The van der Waals surface area contributed by atoms with Gasteiger partial charge in [0.05, 0.1) is 7.11 Å². The Bertz CT molecular complexity index is 545. The summed E-state index contributed by atoms with van der Waals surface area (Å²) in [6, 6.07) is 6.89. The molecule has 0 unspecified atom stereocenters. The summed E-state index contributed by atoms with van der Waals surface area (Å²) in [6.45, 7) is 2.83. The van der Waals surface area contributed by atoms with Crippen molar-refractivity contribution in [1.82, 2.24) is 5.32 Å². The Morgan fingerprint density at radius 3 is 2.23 bits per heavy atom. The van der Waals surface area contributed by atoms with Gasteiger partial charge in [0, 0.05) is 4.47 Å². The number of nitrogens with one attached hydrogen (secondary N) is 1. The van der Waals surface area contributed by atoms with Crippen LogP contribution in [0.15, 0.2) is 28.7 Å². The number of alkyl carbamates (subject to hydrolysis) is 1. The maximum Gasteiger partial charge on any atom is 0.413 e. The molecule has 1 rings (SSSR count). The molecule has 2 amide bonds. The molecule has 120 valence electrons. The van der Waals surface area contributed by atoms with Crippen molar-refractivity contribution in [2.45, 2.75) is 26.1 Å². The van der Waals surface area contributed by atoms with Crippen LogP contribution in [0.4, 0.5) is 4.79 Å². The largest absolute Gasteiger partial charge is 0.479 e. The fourth-order valence-corrected chi connectivity index (χ4v) is 1.61. The molecule has 0 radical (unpaired) electrons. The lowest BCUT2D eigenvalue weighted by Gasteiger charge is -2.17. The molecule has 0 heterocycles. The molecular formula is C14H16BrNO6. The average Bonchev–Trinajstić information content (AvgIpc) is 2.49. The van der Waals surface area contributed by atoms with Gasteiger partial charge in [0.2, 0.25) is 0 Å². The fraction of sp³-hybridized carbons (Fsp3) is 0.357. The van der Waals surface area contributed by atoms with Crippen LogP contribution in [0.3, 0.4) is 0 Å². The number of imide groups is 1. The summed E-state index contributed by atoms with van der Waals surface area (Å²) in [7, 11) is 1.12. The Balaban J connectivity index is 2.51. The number of ether oxygens (including phenoxy) is 3. The number of methoxy groups -OCH3 is 1. The molecule has 1 aromatic rings. The number of benzene rings is 1. The summed E-state index contributed by atoms with van der Waals surface area (Å²) in [6.07, 6.45) is -2.98. The van der Waals surface area contributed by atoms with Gasteiger partial charge in [-0.25, -0.2) is 9.59 Å².